The van der Waals surface area contributed by atoms with E-state index in [0.29, 0.717) is 19.0 Å². The lowest BCUT2D eigenvalue weighted by molar-refractivity contribution is -0.284. The van der Waals surface area contributed by atoms with Gasteiger partial charge in [-0.15, -0.1) is 4.94 Å². The van der Waals surface area contributed by atoms with E-state index in [2.05, 4.69) is 20.4 Å². The molecule has 31 heavy (non-hydrogen) atoms. The van der Waals surface area contributed by atoms with Crippen molar-refractivity contribution in [1.29, 1.82) is 0 Å². The Balaban J connectivity index is 1.32. The van der Waals surface area contributed by atoms with E-state index >= 15 is 0 Å². The zero-order valence-electron chi connectivity index (χ0n) is 16.2. The third-order valence-electron chi connectivity index (χ3n) is 5.29. The first kappa shape index (κ1) is 19.6. The molecule has 11 nitrogen and oxygen atoms in total. The van der Waals surface area contributed by atoms with Gasteiger partial charge in [0, 0.05) is 32.4 Å². The monoisotopic (exact) mass is 442 g/mol. The number of piperazine rings is 1. The standard InChI is InChI=1S/C19H18N6O5S/c26-18-16-12-20-19(21-17(16)22-30-25(18)27)23-7-9-24(10-8-23)31(28,29)15-6-5-13-3-1-2-4-14(13)11-15/h1-6,11-12,27H,7-10H2,(H,20,21,22). The predicted molar refractivity (Wildman–Crippen MR) is 110 cm³/mol. The smallest absolute Gasteiger partial charge is 0.311 e. The number of hydrogen-bond donors (Lipinski definition) is 2. The third-order valence-corrected chi connectivity index (χ3v) is 7.18. The fraction of sp³-hybridized carbons (Fsp3) is 0.211. The van der Waals surface area contributed by atoms with Crippen LogP contribution in [0.2, 0.25) is 0 Å². The summed E-state index contributed by atoms with van der Waals surface area (Å²) in [7, 11) is -3.63. The quantitative estimate of drug-likeness (QED) is 0.576. The number of amides is 1. The molecule has 0 saturated carbocycles. The molecule has 0 aliphatic carbocycles. The molecule has 12 heteroatoms. The summed E-state index contributed by atoms with van der Waals surface area (Å²) in [6, 6.07) is 12.7. The van der Waals surface area contributed by atoms with Gasteiger partial charge >= 0.3 is 5.91 Å². The molecule has 0 atom stereocenters. The molecule has 1 aromatic heterocycles. The molecule has 160 valence electrons. The van der Waals surface area contributed by atoms with E-state index in [1.807, 2.05) is 35.2 Å². The first-order chi connectivity index (χ1) is 14.9. The van der Waals surface area contributed by atoms with Crippen molar-refractivity contribution in [3.63, 3.8) is 0 Å². The molecule has 1 amide bonds. The van der Waals surface area contributed by atoms with Crippen molar-refractivity contribution < 1.29 is 23.4 Å². The number of hydroxylamine groups is 2. The van der Waals surface area contributed by atoms with Crippen molar-refractivity contribution in [2.45, 2.75) is 4.90 Å². The number of sulfonamides is 1. The van der Waals surface area contributed by atoms with Crippen LogP contribution >= 0.6 is 0 Å². The van der Waals surface area contributed by atoms with Gasteiger partial charge in [0.25, 0.3) is 0 Å². The molecule has 1 saturated heterocycles. The molecule has 2 aromatic carbocycles. The summed E-state index contributed by atoms with van der Waals surface area (Å²) < 4.78 is 27.7. The Bertz CT molecular complexity index is 1280. The highest BCUT2D eigenvalue weighted by molar-refractivity contribution is 7.89. The van der Waals surface area contributed by atoms with Crippen molar-refractivity contribution in [2.24, 2.45) is 0 Å². The lowest BCUT2D eigenvalue weighted by Gasteiger charge is -2.34. The van der Waals surface area contributed by atoms with Crippen LogP contribution in [-0.2, 0) is 15.0 Å². The van der Waals surface area contributed by atoms with Crippen LogP contribution in [0.5, 0.6) is 0 Å². The lowest BCUT2D eigenvalue weighted by atomic mass is 10.1. The molecule has 2 N–H and O–H groups in total. The number of carbonyl (C=O) groups is 1. The van der Waals surface area contributed by atoms with E-state index in [1.165, 1.54) is 10.5 Å². The molecule has 5 rings (SSSR count). The molecule has 3 aromatic rings. The molecule has 1 fully saturated rings. The summed E-state index contributed by atoms with van der Waals surface area (Å²) in [4.78, 5) is 26.9. The Morgan fingerprint density at radius 1 is 1.03 bits per heavy atom. The van der Waals surface area contributed by atoms with E-state index in [9.17, 15) is 18.4 Å². The van der Waals surface area contributed by atoms with Gasteiger partial charge in [-0.2, -0.15) is 9.29 Å². The van der Waals surface area contributed by atoms with Gasteiger partial charge in [-0.3, -0.25) is 10.0 Å². The number of aromatic nitrogens is 2. The van der Waals surface area contributed by atoms with Crippen LogP contribution < -0.4 is 10.4 Å². The zero-order chi connectivity index (χ0) is 21.6. The Morgan fingerprint density at radius 2 is 1.77 bits per heavy atom. The van der Waals surface area contributed by atoms with Crippen molar-refractivity contribution >= 4 is 38.5 Å². The normalized spacial score (nSPS) is 17.5. The summed E-state index contributed by atoms with van der Waals surface area (Å²) in [5.41, 5.74) is 2.43. The van der Waals surface area contributed by atoms with E-state index in [4.69, 9.17) is 0 Å². The summed E-state index contributed by atoms with van der Waals surface area (Å²) in [5, 5.41) is 11.2. The number of rotatable bonds is 3. The number of benzene rings is 2. The number of anilines is 2. The molecule has 3 heterocycles. The summed E-state index contributed by atoms with van der Waals surface area (Å²) in [6.07, 6.45) is 1.29. The minimum Gasteiger partial charge on any atom is -0.338 e. The Kier molecular flexibility index (Phi) is 4.70. The Morgan fingerprint density at radius 3 is 2.55 bits per heavy atom. The van der Waals surface area contributed by atoms with Crippen molar-refractivity contribution in [3.8, 4) is 0 Å². The maximum Gasteiger partial charge on any atom is 0.311 e. The van der Waals surface area contributed by atoms with Crippen LogP contribution in [0.4, 0.5) is 11.8 Å². The predicted octanol–water partition coefficient (Wildman–Crippen LogP) is 1.24. The number of carbonyl (C=O) groups excluding carboxylic acids is 1. The van der Waals surface area contributed by atoms with Gasteiger partial charge in [-0.05, 0) is 22.9 Å². The largest absolute Gasteiger partial charge is 0.338 e. The molecule has 2 aliphatic heterocycles. The van der Waals surface area contributed by atoms with E-state index < -0.39 is 15.9 Å². The van der Waals surface area contributed by atoms with Gasteiger partial charge in [0.2, 0.25) is 16.0 Å². The second-order valence-corrected chi connectivity index (χ2v) is 9.04. The van der Waals surface area contributed by atoms with E-state index in [-0.39, 0.29) is 34.6 Å². The van der Waals surface area contributed by atoms with Gasteiger partial charge < -0.3 is 4.90 Å². The first-order valence-electron chi connectivity index (χ1n) is 9.51. The van der Waals surface area contributed by atoms with Gasteiger partial charge in [0.15, 0.2) is 5.82 Å². The van der Waals surface area contributed by atoms with Crippen LogP contribution in [0.3, 0.4) is 0 Å². The van der Waals surface area contributed by atoms with Crippen LogP contribution in [0.15, 0.2) is 53.6 Å². The highest BCUT2D eigenvalue weighted by Gasteiger charge is 2.31. The minimum atomic E-state index is -3.63. The minimum absolute atomic E-state index is 0.0573. The second-order valence-electron chi connectivity index (χ2n) is 7.10. The molecular weight excluding hydrogens is 424 g/mol. The van der Waals surface area contributed by atoms with E-state index in [0.717, 1.165) is 10.8 Å². The fourth-order valence-corrected chi connectivity index (χ4v) is 5.05. The Hall–Kier alpha value is -3.32. The number of nitrogens with zero attached hydrogens (tertiary/aromatic N) is 5. The lowest BCUT2D eigenvalue weighted by Crippen LogP contribution is -2.49. The topological polar surface area (TPSA) is 128 Å². The average Bonchev–Trinajstić information content (AvgIpc) is 2.81. The molecule has 0 bridgehead atoms. The molecule has 0 unspecified atom stereocenters. The van der Waals surface area contributed by atoms with E-state index in [1.54, 1.807) is 12.1 Å². The van der Waals surface area contributed by atoms with Crippen molar-refractivity contribution in [1.82, 2.24) is 19.5 Å². The maximum atomic E-state index is 13.1. The van der Waals surface area contributed by atoms with Crippen LogP contribution in [0, 0.1) is 0 Å². The summed E-state index contributed by atoms with van der Waals surface area (Å²) in [5.74, 6) is -0.324. The average molecular weight is 442 g/mol. The van der Waals surface area contributed by atoms with Crippen LogP contribution in [0.1, 0.15) is 10.4 Å². The second kappa shape index (κ2) is 7.42. The summed E-state index contributed by atoms with van der Waals surface area (Å²) >= 11 is 0. The van der Waals surface area contributed by atoms with Crippen LogP contribution in [-0.4, -0.2) is 65.2 Å². The SMILES string of the molecule is O=C1c2cnc(N3CCN(S(=O)(=O)c4ccc5ccccc5c4)CC3)nc2NON1O. The van der Waals surface area contributed by atoms with Crippen LogP contribution in [0.25, 0.3) is 10.8 Å². The molecule has 2 aliphatic rings. The number of fused-ring (bicyclic) bond motifs is 2. The highest BCUT2D eigenvalue weighted by Crippen LogP contribution is 2.25. The third kappa shape index (κ3) is 3.45. The molecule has 0 radical (unpaired) electrons. The first-order valence-corrected chi connectivity index (χ1v) is 10.9. The summed E-state index contributed by atoms with van der Waals surface area (Å²) in [6.45, 7) is 1.30. The number of nitrogens with one attached hydrogen (secondary N) is 1. The van der Waals surface area contributed by atoms with Crippen molar-refractivity contribution in [3.05, 3.63) is 54.2 Å². The van der Waals surface area contributed by atoms with Gasteiger partial charge in [-0.1, -0.05) is 35.6 Å². The maximum absolute atomic E-state index is 13.1. The van der Waals surface area contributed by atoms with Gasteiger partial charge in [-0.25, -0.2) is 18.9 Å². The zero-order valence-corrected chi connectivity index (χ0v) is 17.0. The Labute approximate surface area is 177 Å². The van der Waals surface area contributed by atoms with Gasteiger partial charge in [0.1, 0.15) is 5.56 Å². The van der Waals surface area contributed by atoms with Crippen molar-refractivity contribution in [2.75, 3.05) is 36.6 Å². The van der Waals surface area contributed by atoms with Gasteiger partial charge in [0.05, 0.1) is 4.90 Å². The molecular formula is C19H18N6O5S. The fourth-order valence-electron chi connectivity index (χ4n) is 3.60. The number of hydrogen-bond acceptors (Lipinski definition) is 9. The highest BCUT2D eigenvalue weighted by atomic mass is 32.2. The molecule has 0 spiro atoms.